The number of alkyl halides is 2. The molecule has 33 heavy (non-hydrogen) atoms. The fourth-order valence-corrected chi connectivity index (χ4v) is 3.73. The number of ether oxygens (including phenoxy) is 1. The molecule has 4 rings (SSSR count). The number of rotatable bonds is 6. The number of hydrogen-bond donors (Lipinski definition) is 1. The van der Waals surface area contributed by atoms with Crippen LogP contribution in [0.5, 0.6) is 5.75 Å². The molecule has 1 amide bonds. The minimum Gasteiger partial charge on any atom is -0.494 e. The molecule has 1 aliphatic carbocycles. The number of fused-ring (bicyclic) bond motifs is 1. The summed E-state index contributed by atoms with van der Waals surface area (Å²) in [6.07, 6.45) is 2.26. The van der Waals surface area contributed by atoms with Crippen LogP contribution in [-0.4, -0.2) is 65.9 Å². The molecular formula is C24H25F2N5O2. The monoisotopic (exact) mass is 453 g/mol. The number of aromatic nitrogens is 3. The average Bonchev–Trinajstić information content (AvgIpc) is 2.82. The van der Waals surface area contributed by atoms with Gasteiger partial charge in [-0.15, -0.1) is 0 Å². The Morgan fingerprint density at radius 3 is 2.73 bits per heavy atom. The molecule has 7 nitrogen and oxygen atoms in total. The van der Waals surface area contributed by atoms with Crippen LogP contribution in [0.3, 0.4) is 0 Å². The second-order valence-corrected chi connectivity index (χ2v) is 8.05. The Hall–Kier alpha value is -3.62. The fraction of sp³-hybridized carbons (Fsp3) is 0.333. The van der Waals surface area contributed by atoms with Crippen LogP contribution in [0.1, 0.15) is 18.4 Å². The van der Waals surface area contributed by atoms with Gasteiger partial charge in [-0.3, -0.25) is 9.78 Å². The first-order chi connectivity index (χ1) is 15.9. The van der Waals surface area contributed by atoms with E-state index in [4.69, 9.17) is 4.74 Å². The smallest absolute Gasteiger partial charge is 0.241 e. The van der Waals surface area contributed by atoms with Crippen LogP contribution in [0.2, 0.25) is 0 Å². The van der Waals surface area contributed by atoms with Crippen molar-refractivity contribution in [2.75, 3.05) is 33.1 Å². The predicted molar refractivity (Wildman–Crippen MR) is 124 cm³/mol. The van der Waals surface area contributed by atoms with Gasteiger partial charge in [0.1, 0.15) is 29.4 Å². The molecule has 0 aliphatic heterocycles. The average molecular weight is 453 g/mol. The third-order valence-electron chi connectivity index (χ3n) is 5.54. The van der Waals surface area contributed by atoms with Crippen molar-refractivity contribution < 1.29 is 18.3 Å². The number of pyridine rings is 1. The van der Waals surface area contributed by atoms with E-state index in [1.807, 2.05) is 6.07 Å². The topological polar surface area (TPSA) is 80.2 Å². The van der Waals surface area contributed by atoms with E-state index in [-0.39, 0.29) is 25.3 Å². The Labute approximate surface area is 190 Å². The first-order valence-electron chi connectivity index (χ1n) is 10.6. The van der Waals surface area contributed by atoms with Crippen molar-refractivity contribution in [1.29, 1.82) is 0 Å². The number of methoxy groups -OCH3 is 1. The van der Waals surface area contributed by atoms with Gasteiger partial charge in [-0.2, -0.15) is 0 Å². The Morgan fingerprint density at radius 1 is 1.24 bits per heavy atom. The summed E-state index contributed by atoms with van der Waals surface area (Å²) in [4.78, 5) is 27.1. The largest absolute Gasteiger partial charge is 0.494 e. The third-order valence-corrected chi connectivity index (χ3v) is 5.54. The van der Waals surface area contributed by atoms with E-state index in [1.165, 1.54) is 12.0 Å². The molecule has 0 fully saturated rings. The van der Waals surface area contributed by atoms with Crippen molar-refractivity contribution in [3.63, 3.8) is 0 Å². The highest BCUT2D eigenvalue weighted by Crippen LogP contribution is 2.38. The lowest BCUT2D eigenvalue weighted by Gasteiger charge is -2.22. The number of amides is 1. The van der Waals surface area contributed by atoms with Gasteiger partial charge in [0.15, 0.2) is 5.82 Å². The number of halogens is 2. The van der Waals surface area contributed by atoms with E-state index in [0.29, 0.717) is 45.0 Å². The van der Waals surface area contributed by atoms with E-state index in [2.05, 4.69) is 20.3 Å². The van der Waals surface area contributed by atoms with Crippen LogP contribution >= 0.6 is 0 Å². The zero-order chi connectivity index (χ0) is 23.5. The van der Waals surface area contributed by atoms with Gasteiger partial charge in [0.05, 0.1) is 13.7 Å². The van der Waals surface area contributed by atoms with E-state index in [0.717, 1.165) is 0 Å². The van der Waals surface area contributed by atoms with Gasteiger partial charge in [-0.1, -0.05) is 6.08 Å². The zero-order valence-electron chi connectivity index (χ0n) is 18.7. The van der Waals surface area contributed by atoms with E-state index < -0.39 is 12.3 Å². The molecule has 172 valence electrons. The number of anilines is 1. The summed E-state index contributed by atoms with van der Waals surface area (Å²) in [6.45, 7) is 0.0100. The number of carbonyl (C=O) groups excluding carboxylic acids is 1. The summed E-state index contributed by atoms with van der Waals surface area (Å²) < 4.78 is 33.9. The molecule has 0 radical (unpaired) electrons. The van der Waals surface area contributed by atoms with Crippen molar-refractivity contribution in [2.45, 2.75) is 25.2 Å². The molecule has 0 saturated carbocycles. The summed E-state index contributed by atoms with van der Waals surface area (Å²) in [5.41, 5.74) is 2.18. The van der Waals surface area contributed by atoms with Gasteiger partial charge in [0.25, 0.3) is 0 Å². The molecule has 1 N–H and O–H groups in total. The molecule has 2 aromatic heterocycles. The van der Waals surface area contributed by atoms with Gasteiger partial charge in [-0.05, 0) is 41.8 Å². The van der Waals surface area contributed by atoms with Crippen LogP contribution in [0.25, 0.3) is 27.9 Å². The van der Waals surface area contributed by atoms with Gasteiger partial charge >= 0.3 is 0 Å². The Balaban J connectivity index is 1.88. The van der Waals surface area contributed by atoms with E-state index in [9.17, 15) is 13.6 Å². The maximum absolute atomic E-state index is 14.7. The van der Waals surface area contributed by atoms with Crippen molar-refractivity contribution in [3.8, 4) is 17.1 Å². The standard InChI is InChI=1S/C24H25F2N5O2/c1-31(2)21(32)13-28-24-18-9-15(17-7-6-16(25)11-19(17)26)10-20(33-3)22(18)29-23(30-24)14-5-4-8-27-12-14/h4-5,7-10,12,16,19H,6,11,13H2,1-3H3,(H,28,29,30). The minimum absolute atomic E-state index is 0.0100. The maximum Gasteiger partial charge on any atom is 0.241 e. The number of benzene rings is 1. The Kier molecular flexibility index (Phi) is 6.48. The highest BCUT2D eigenvalue weighted by Gasteiger charge is 2.26. The summed E-state index contributed by atoms with van der Waals surface area (Å²) in [5, 5.41) is 3.66. The molecule has 9 heteroatoms. The van der Waals surface area contributed by atoms with Crippen molar-refractivity contribution in [2.24, 2.45) is 0 Å². The second-order valence-electron chi connectivity index (χ2n) is 8.05. The first-order valence-corrected chi connectivity index (χ1v) is 10.6. The minimum atomic E-state index is -1.42. The third kappa shape index (κ3) is 4.76. The van der Waals surface area contributed by atoms with Gasteiger partial charge in [0.2, 0.25) is 5.91 Å². The number of allylic oxidation sites excluding steroid dienone is 2. The molecule has 1 aromatic carbocycles. The van der Waals surface area contributed by atoms with Crippen LogP contribution in [-0.2, 0) is 4.79 Å². The molecule has 2 heterocycles. The van der Waals surface area contributed by atoms with Gasteiger partial charge < -0.3 is 15.0 Å². The number of nitrogens with zero attached hydrogens (tertiary/aromatic N) is 4. The second kappa shape index (κ2) is 9.48. The fourth-order valence-electron chi connectivity index (χ4n) is 3.73. The normalized spacial score (nSPS) is 18.0. The van der Waals surface area contributed by atoms with Crippen molar-refractivity contribution >= 4 is 28.2 Å². The first kappa shape index (κ1) is 22.6. The predicted octanol–water partition coefficient (Wildman–Crippen LogP) is 4.05. The molecule has 3 aromatic rings. The van der Waals surface area contributed by atoms with Gasteiger partial charge in [-0.25, -0.2) is 18.7 Å². The maximum atomic E-state index is 14.7. The van der Waals surface area contributed by atoms with E-state index >= 15 is 0 Å². The van der Waals surface area contributed by atoms with Crippen LogP contribution in [0, 0.1) is 0 Å². The molecule has 2 unspecified atom stereocenters. The number of likely N-dealkylation sites (N-methyl/N-ethyl adjacent to an activating group) is 1. The molecular weight excluding hydrogens is 428 g/mol. The highest BCUT2D eigenvalue weighted by atomic mass is 19.1. The summed E-state index contributed by atoms with van der Waals surface area (Å²) in [7, 11) is 4.84. The summed E-state index contributed by atoms with van der Waals surface area (Å²) >= 11 is 0. The quantitative estimate of drug-likeness (QED) is 0.607. The van der Waals surface area contributed by atoms with Crippen molar-refractivity contribution in [3.05, 3.63) is 48.3 Å². The lowest BCUT2D eigenvalue weighted by molar-refractivity contribution is -0.126. The Morgan fingerprint density at radius 2 is 2.06 bits per heavy atom. The highest BCUT2D eigenvalue weighted by molar-refractivity contribution is 5.98. The van der Waals surface area contributed by atoms with Crippen LogP contribution in [0.4, 0.5) is 14.6 Å². The summed E-state index contributed by atoms with van der Waals surface area (Å²) in [6, 6.07) is 7.07. The van der Waals surface area contributed by atoms with Crippen molar-refractivity contribution in [1.82, 2.24) is 19.9 Å². The zero-order valence-corrected chi connectivity index (χ0v) is 18.7. The number of hydrogen-bond acceptors (Lipinski definition) is 6. The SMILES string of the molecule is COc1cc(C2=CCC(F)CC2F)cc2c(NCC(=O)N(C)C)nc(-c3cccnc3)nc12. The lowest BCUT2D eigenvalue weighted by Crippen LogP contribution is -2.29. The van der Waals surface area contributed by atoms with Gasteiger partial charge in [0, 0.05) is 43.9 Å². The van der Waals surface area contributed by atoms with Crippen LogP contribution in [0.15, 0.2) is 42.7 Å². The molecule has 0 spiro atoms. The molecule has 0 bridgehead atoms. The van der Waals surface area contributed by atoms with Crippen LogP contribution < -0.4 is 10.1 Å². The molecule has 1 aliphatic rings. The molecule has 0 saturated heterocycles. The number of carbonyl (C=O) groups is 1. The summed E-state index contributed by atoms with van der Waals surface area (Å²) in [5.74, 6) is 1.10. The lowest BCUT2D eigenvalue weighted by atomic mass is 9.90. The number of nitrogens with one attached hydrogen (secondary N) is 1. The Bertz CT molecular complexity index is 1200. The van der Waals surface area contributed by atoms with E-state index in [1.54, 1.807) is 50.8 Å². The molecule has 2 atom stereocenters.